The predicted octanol–water partition coefficient (Wildman–Crippen LogP) is 0.0661. The third kappa shape index (κ3) is 3.71. The lowest BCUT2D eigenvalue weighted by molar-refractivity contribution is -0.125. The van der Waals surface area contributed by atoms with Crippen LogP contribution in [-0.2, 0) is 4.79 Å². The summed E-state index contributed by atoms with van der Waals surface area (Å²) >= 11 is 0. The van der Waals surface area contributed by atoms with Crippen molar-refractivity contribution in [3.05, 3.63) is 0 Å². The van der Waals surface area contributed by atoms with Crippen LogP contribution in [0.25, 0.3) is 0 Å². The van der Waals surface area contributed by atoms with E-state index in [1.54, 1.807) is 6.92 Å². The molecule has 2 N–H and O–H groups in total. The smallest absolute Gasteiger partial charge is 0.321 e. The Hall–Kier alpha value is -1.61. The van der Waals surface area contributed by atoms with Crippen molar-refractivity contribution in [2.24, 2.45) is 5.92 Å². The first kappa shape index (κ1) is 13.5. The zero-order chi connectivity index (χ0) is 12.8. The van der Waals surface area contributed by atoms with Crippen LogP contribution in [0.4, 0.5) is 4.79 Å². The first-order chi connectivity index (χ1) is 8.08. The maximum atomic E-state index is 11.7. The molecule has 2 atom stereocenters. The van der Waals surface area contributed by atoms with Gasteiger partial charge in [0.25, 0.3) is 0 Å². The fraction of sp³-hybridized carbons (Fsp3) is 0.727. The first-order valence-electron chi connectivity index (χ1n) is 5.74. The summed E-state index contributed by atoms with van der Waals surface area (Å²) in [5, 5.41) is 13.4. The molecule has 1 aliphatic rings. The van der Waals surface area contributed by atoms with Crippen LogP contribution in [-0.4, -0.2) is 43.0 Å². The molecule has 2 unspecified atom stereocenters. The van der Waals surface area contributed by atoms with E-state index >= 15 is 0 Å². The Morgan fingerprint density at radius 3 is 2.82 bits per heavy atom. The summed E-state index contributed by atoms with van der Waals surface area (Å²) in [6.45, 7) is 3.14. The van der Waals surface area contributed by atoms with Gasteiger partial charge in [0.05, 0.1) is 18.0 Å². The molecule has 0 radical (unpaired) electrons. The van der Waals surface area contributed by atoms with Crippen LogP contribution >= 0.6 is 0 Å². The molecule has 0 aromatic carbocycles. The molecule has 1 saturated heterocycles. The summed E-state index contributed by atoms with van der Waals surface area (Å²) in [4.78, 5) is 24.7. The molecule has 0 bridgehead atoms. The Balaban J connectivity index is 2.51. The molecule has 6 heteroatoms. The normalized spacial score (nSPS) is 22.3. The average molecular weight is 238 g/mol. The van der Waals surface area contributed by atoms with Gasteiger partial charge in [-0.15, -0.1) is 0 Å². The van der Waals surface area contributed by atoms with Crippen LogP contribution in [0.1, 0.15) is 19.8 Å². The van der Waals surface area contributed by atoms with E-state index < -0.39 is 6.03 Å². The first-order valence-corrected chi connectivity index (χ1v) is 5.74. The minimum Gasteiger partial charge on any atom is -0.341 e. The molecule has 1 rings (SSSR count). The van der Waals surface area contributed by atoms with Gasteiger partial charge in [0, 0.05) is 13.6 Å². The lowest BCUT2D eigenvalue weighted by Gasteiger charge is -2.33. The summed E-state index contributed by atoms with van der Waals surface area (Å²) in [6.07, 6.45) is 1.80. The van der Waals surface area contributed by atoms with Gasteiger partial charge < -0.3 is 5.32 Å². The summed E-state index contributed by atoms with van der Waals surface area (Å²) in [5.41, 5.74) is 0. The van der Waals surface area contributed by atoms with Crippen molar-refractivity contribution >= 4 is 11.9 Å². The van der Waals surface area contributed by atoms with Crippen LogP contribution in [0, 0.1) is 17.2 Å². The molecule has 1 aliphatic heterocycles. The topological polar surface area (TPSA) is 85.2 Å². The molecule has 0 aromatic rings. The van der Waals surface area contributed by atoms with E-state index in [2.05, 4.69) is 16.7 Å². The molecule has 3 amide bonds. The fourth-order valence-electron chi connectivity index (χ4n) is 1.91. The number of hydrogen-bond acceptors (Lipinski definition) is 4. The highest BCUT2D eigenvalue weighted by molar-refractivity contribution is 5.96. The van der Waals surface area contributed by atoms with E-state index in [1.165, 1.54) is 7.05 Å². The Labute approximate surface area is 101 Å². The van der Waals surface area contributed by atoms with Crippen molar-refractivity contribution in [3.8, 4) is 6.07 Å². The van der Waals surface area contributed by atoms with Crippen LogP contribution in [0.15, 0.2) is 0 Å². The molecule has 0 saturated carbocycles. The SMILES string of the molecule is CNC(=O)NC(=O)C(C)N1CCCC(C#N)C1. The third-order valence-electron chi connectivity index (χ3n) is 3.03. The van der Waals surface area contributed by atoms with E-state index in [9.17, 15) is 9.59 Å². The molecular weight excluding hydrogens is 220 g/mol. The van der Waals surface area contributed by atoms with Gasteiger partial charge in [0.2, 0.25) is 5.91 Å². The van der Waals surface area contributed by atoms with Crippen molar-refractivity contribution in [2.45, 2.75) is 25.8 Å². The monoisotopic (exact) mass is 238 g/mol. The number of likely N-dealkylation sites (tertiary alicyclic amines) is 1. The molecule has 0 spiro atoms. The number of rotatable bonds is 2. The Kier molecular flexibility index (Phi) is 4.91. The number of nitriles is 1. The van der Waals surface area contributed by atoms with Gasteiger partial charge in [-0.05, 0) is 26.3 Å². The number of amides is 3. The minimum atomic E-state index is -0.504. The summed E-state index contributed by atoms with van der Waals surface area (Å²) in [6, 6.07) is 1.34. The second-order valence-corrected chi connectivity index (χ2v) is 4.21. The fourth-order valence-corrected chi connectivity index (χ4v) is 1.91. The summed E-state index contributed by atoms with van der Waals surface area (Å²) in [7, 11) is 1.46. The van der Waals surface area contributed by atoms with Gasteiger partial charge in [-0.2, -0.15) is 5.26 Å². The number of nitrogens with zero attached hydrogens (tertiary/aromatic N) is 2. The average Bonchev–Trinajstić information content (AvgIpc) is 2.37. The van der Waals surface area contributed by atoms with Crippen molar-refractivity contribution in [2.75, 3.05) is 20.1 Å². The van der Waals surface area contributed by atoms with E-state index in [0.29, 0.717) is 6.54 Å². The van der Waals surface area contributed by atoms with Gasteiger partial charge in [-0.25, -0.2) is 4.79 Å². The Bertz CT molecular complexity index is 337. The van der Waals surface area contributed by atoms with Crippen LogP contribution in [0.3, 0.4) is 0 Å². The molecule has 0 aliphatic carbocycles. The molecular formula is C11H18N4O2. The maximum absolute atomic E-state index is 11.7. The van der Waals surface area contributed by atoms with E-state index in [-0.39, 0.29) is 17.9 Å². The minimum absolute atomic E-state index is 0.0148. The highest BCUT2D eigenvalue weighted by Crippen LogP contribution is 2.17. The van der Waals surface area contributed by atoms with Gasteiger partial charge in [-0.1, -0.05) is 0 Å². The lowest BCUT2D eigenvalue weighted by Crippen LogP contribution is -2.51. The molecule has 1 fully saturated rings. The van der Waals surface area contributed by atoms with Gasteiger partial charge >= 0.3 is 6.03 Å². The third-order valence-corrected chi connectivity index (χ3v) is 3.03. The number of imide groups is 1. The van der Waals surface area contributed by atoms with Crippen molar-refractivity contribution in [1.29, 1.82) is 5.26 Å². The molecule has 0 aromatic heterocycles. The zero-order valence-corrected chi connectivity index (χ0v) is 10.2. The van der Waals surface area contributed by atoms with Crippen molar-refractivity contribution in [3.63, 3.8) is 0 Å². The number of piperidine rings is 1. The lowest BCUT2D eigenvalue weighted by atomic mass is 9.98. The van der Waals surface area contributed by atoms with Crippen molar-refractivity contribution < 1.29 is 9.59 Å². The second kappa shape index (κ2) is 6.21. The van der Waals surface area contributed by atoms with Crippen molar-refractivity contribution in [1.82, 2.24) is 15.5 Å². The van der Waals surface area contributed by atoms with E-state index in [4.69, 9.17) is 5.26 Å². The molecule has 6 nitrogen and oxygen atoms in total. The number of carbonyl (C=O) groups is 2. The molecule has 1 heterocycles. The van der Waals surface area contributed by atoms with Gasteiger partial charge in [-0.3, -0.25) is 15.0 Å². The maximum Gasteiger partial charge on any atom is 0.321 e. The number of carbonyl (C=O) groups excluding carboxylic acids is 2. The summed E-state index contributed by atoms with van der Waals surface area (Å²) in [5.74, 6) is -0.345. The van der Waals surface area contributed by atoms with E-state index in [1.807, 2.05) is 4.90 Å². The largest absolute Gasteiger partial charge is 0.341 e. The summed E-state index contributed by atoms with van der Waals surface area (Å²) < 4.78 is 0. The molecule has 17 heavy (non-hydrogen) atoms. The van der Waals surface area contributed by atoms with E-state index in [0.717, 1.165) is 19.4 Å². The Morgan fingerprint density at radius 2 is 2.24 bits per heavy atom. The highest BCUT2D eigenvalue weighted by atomic mass is 16.2. The highest BCUT2D eigenvalue weighted by Gasteiger charge is 2.27. The van der Waals surface area contributed by atoms with Gasteiger partial charge in [0.1, 0.15) is 0 Å². The number of hydrogen-bond donors (Lipinski definition) is 2. The van der Waals surface area contributed by atoms with Crippen LogP contribution in [0.5, 0.6) is 0 Å². The van der Waals surface area contributed by atoms with Gasteiger partial charge in [0.15, 0.2) is 0 Å². The van der Waals surface area contributed by atoms with Crippen LogP contribution in [0.2, 0.25) is 0 Å². The standard InChI is InChI=1S/C11H18N4O2/c1-8(10(16)14-11(17)13-2)15-5-3-4-9(6-12)7-15/h8-9H,3-5,7H2,1-2H3,(H2,13,14,16,17). The number of urea groups is 1. The molecule has 94 valence electrons. The number of nitrogens with one attached hydrogen (secondary N) is 2. The Morgan fingerprint density at radius 1 is 1.53 bits per heavy atom. The van der Waals surface area contributed by atoms with Crippen LogP contribution < -0.4 is 10.6 Å². The second-order valence-electron chi connectivity index (χ2n) is 4.21. The predicted molar refractivity (Wildman–Crippen MR) is 62.0 cm³/mol. The quantitative estimate of drug-likeness (QED) is 0.712. The zero-order valence-electron chi connectivity index (χ0n) is 10.2.